The second-order valence-electron chi connectivity index (χ2n) is 5.65. The molecule has 0 fully saturated rings. The van der Waals surface area contributed by atoms with Gasteiger partial charge in [0.2, 0.25) is 0 Å². The van der Waals surface area contributed by atoms with Gasteiger partial charge in [-0.3, -0.25) is 0 Å². The van der Waals surface area contributed by atoms with Gasteiger partial charge < -0.3 is 10.0 Å². The smallest absolute Gasteiger partial charge is 0.116 e. The molecule has 0 aliphatic rings. The Kier molecular flexibility index (Phi) is 4.46. The molecule has 0 radical (unpaired) electrons. The normalized spacial score (nSPS) is 13.9. The maximum absolute atomic E-state index is 9.53. The number of phenols is 1. The Bertz CT molecular complexity index is 628. The first-order chi connectivity index (χ1) is 9.51. The molecule has 1 unspecified atom stereocenters. The maximum atomic E-state index is 9.53. The van der Waals surface area contributed by atoms with Crippen LogP contribution in [0.1, 0.15) is 19.4 Å². The molecule has 0 spiro atoms. The summed E-state index contributed by atoms with van der Waals surface area (Å²) < 4.78 is 0. The van der Waals surface area contributed by atoms with Gasteiger partial charge in [0, 0.05) is 6.54 Å². The summed E-state index contributed by atoms with van der Waals surface area (Å²) in [7, 11) is 4.21. The molecule has 0 aliphatic heterocycles. The van der Waals surface area contributed by atoms with Gasteiger partial charge in [-0.25, -0.2) is 0 Å². The fraction of sp³-hybridized carbons (Fsp3) is 0.333. The fourth-order valence-electron chi connectivity index (χ4n) is 2.79. The zero-order valence-electron chi connectivity index (χ0n) is 12.7. The average molecular weight is 269 g/mol. The lowest BCUT2D eigenvalue weighted by atomic mass is 9.92. The Morgan fingerprint density at radius 2 is 1.80 bits per heavy atom. The monoisotopic (exact) mass is 269 g/mol. The van der Waals surface area contributed by atoms with Gasteiger partial charge in [-0.2, -0.15) is 0 Å². The minimum absolute atomic E-state index is 0.317. The van der Waals surface area contributed by atoms with Gasteiger partial charge in [-0.05, 0) is 67.0 Å². The van der Waals surface area contributed by atoms with Gasteiger partial charge in [-0.1, -0.05) is 31.2 Å². The van der Waals surface area contributed by atoms with Crippen molar-refractivity contribution in [2.24, 2.45) is 5.92 Å². The summed E-state index contributed by atoms with van der Waals surface area (Å²) in [6, 6.07) is 11.9. The molecule has 20 heavy (non-hydrogen) atoms. The van der Waals surface area contributed by atoms with Crippen molar-refractivity contribution in [3.63, 3.8) is 0 Å². The molecule has 2 heteroatoms. The number of allylic oxidation sites excluding steroid dienone is 1. The van der Waals surface area contributed by atoms with E-state index in [4.69, 9.17) is 0 Å². The Morgan fingerprint density at radius 1 is 1.15 bits per heavy atom. The lowest BCUT2D eigenvalue weighted by molar-refractivity contribution is 0.376. The van der Waals surface area contributed by atoms with Gasteiger partial charge in [0.1, 0.15) is 5.75 Å². The Hall–Kier alpha value is -1.80. The Balaban J connectivity index is 2.38. The average Bonchev–Trinajstić information content (AvgIpc) is 2.38. The van der Waals surface area contributed by atoms with E-state index in [0.29, 0.717) is 11.7 Å². The number of benzene rings is 2. The summed E-state index contributed by atoms with van der Waals surface area (Å²) in [4.78, 5) is 2.22. The third-order valence-corrected chi connectivity index (χ3v) is 3.64. The van der Waals surface area contributed by atoms with Crippen LogP contribution >= 0.6 is 0 Å². The van der Waals surface area contributed by atoms with Crippen molar-refractivity contribution in [2.45, 2.75) is 13.8 Å². The highest BCUT2D eigenvalue weighted by Crippen LogP contribution is 2.28. The number of hydrogen-bond acceptors (Lipinski definition) is 2. The molecule has 0 aliphatic carbocycles. The third-order valence-electron chi connectivity index (χ3n) is 3.64. The topological polar surface area (TPSA) is 23.5 Å². The molecule has 0 saturated carbocycles. The first-order valence-electron chi connectivity index (χ1n) is 7.05. The van der Waals surface area contributed by atoms with E-state index in [9.17, 15) is 5.11 Å². The van der Waals surface area contributed by atoms with Crippen LogP contribution in [0.25, 0.3) is 16.3 Å². The van der Waals surface area contributed by atoms with Gasteiger partial charge in [0.25, 0.3) is 0 Å². The minimum Gasteiger partial charge on any atom is -0.508 e. The van der Waals surface area contributed by atoms with E-state index in [-0.39, 0.29) is 0 Å². The van der Waals surface area contributed by atoms with Crippen LogP contribution in [0.4, 0.5) is 0 Å². The van der Waals surface area contributed by atoms with Crippen molar-refractivity contribution in [1.82, 2.24) is 4.90 Å². The summed E-state index contributed by atoms with van der Waals surface area (Å²) in [5, 5.41) is 11.8. The van der Waals surface area contributed by atoms with E-state index >= 15 is 0 Å². The molecule has 0 amide bonds. The summed E-state index contributed by atoms with van der Waals surface area (Å²) in [6.07, 6.45) is 2.20. The van der Waals surface area contributed by atoms with Crippen LogP contribution in [-0.2, 0) is 0 Å². The van der Waals surface area contributed by atoms with Crippen LogP contribution in [0.2, 0.25) is 0 Å². The van der Waals surface area contributed by atoms with E-state index < -0.39 is 0 Å². The third kappa shape index (κ3) is 3.20. The van der Waals surface area contributed by atoms with Crippen LogP contribution < -0.4 is 0 Å². The van der Waals surface area contributed by atoms with E-state index in [1.54, 1.807) is 12.1 Å². The zero-order valence-corrected chi connectivity index (χ0v) is 12.7. The summed E-state index contributed by atoms with van der Waals surface area (Å²) in [6.45, 7) is 5.39. The molecule has 0 saturated heterocycles. The van der Waals surface area contributed by atoms with E-state index in [2.05, 4.69) is 57.1 Å². The van der Waals surface area contributed by atoms with Gasteiger partial charge in [-0.15, -0.1) is 0 Å². The molecular formula is C18H23NO. The summed E-state index contributed by atoms with van der Waals surface area (Å²) in [5.41, 5.74) is 2.63. The molecule has 1 atom stereocenters. The van der Waals surface area contributed by atoms with E-state index in [1.165, 1.54) is 11.1 Å². The largest absolute Gasteiger partial charge is 0.508 e. The first-order valence-corrected chi connectivity index (χ1v) is 7.05. The summed E-state index contributed by atoms with van der Waals surface area (Å²) >= 11 is 0. The number of hydrogen-bond donors (Lipinski definition) is 1. The van der Waals surface area contributed by atoms with Crippen molar-refractivity contribution in [1.29, 1.82) is 0 Å². The predicted octanol–water partition coefficient (Wildman–Crippen LogP) is 4.15. The Labute approximate surface area is 121 Å². The van der Waals surface area contributed by atoms with Crippen molar-refractivity contribution >= 4 is 16.3 Å². The molecule has 0 aromatic heterocycles. The highest BCUT2D eigenvalue weighted by molar-refractivity contribution is 5.87. The standard InChI is InChI=1S/C18H23NO/c1-5-18(13(2)12-19(3)4)16-7-6-15-11-17(20)9-8-14(15)10-16/h5-11,13,20H,12H2,1-4H3/b18-5-. The molecule has 2 nitrogen and oxygen atoms in total. The number of rotatable bonds is 4. The van der Waals surface area contributed by atoms with Crippen LogP contribution in [0, 0.1) is 5.92 Å². The lowest BCUT2D eigenvalue weighted by Gasteiger charge is -2.20. The van der Waals surface area contributed by atoms with Crippen LogP contribution in [0.3, 0.4) is 0 Å². The number of nitrogens with zero attached hydrogens (tertiary/aromatic N) is 1. The second-order valence-corrected chi connectivity index (χ2v) is 5.65. The second kappa shape index (κ2) is 6.10. The highest BCUT2D eigenvalue weighted by Gasteiger charge is 2.11. The highest BCUT2D eigenvalue weighted by atomic mass is 16.3. The number of phenolic OH excluding ortho intramolecular Hbond substituents is 1. The quantitative estimate of drug-likeness (QED) is 0.901. The molecule has 1 N–H and O–H groups in total. The number of aromatic hydroxyl groups is 1. The molecular weight excluding hydrogens is 246 g/mol. The van der Waals surface area contributed by atoms with Crippen LogP contribution in [0.15, 0.2) is 42.5 Å². The van der Waals surface area contributed by atoms with Gasteiger partial charge >= 0.3 is 0 Å². The number of fused-ring (bicyclic) bond motifs is 1. The maximum Gasteiger partial charge on any atom is 0.116 e. The molecule has 2 aromatic rings. The van der Waals surface area contributed by atoms with Crippen LogP contribution in [0.5, 0.6) is 5.75 Å². The van der Waals surface area contributed by atoms with Crippen LogP contribution in [-0.4, -0.2) is 30.6 Å². The predicted molar refractivity (Wildman–Crippen MR) is 87.0 cm³/mol. The van der Waals surface area contributed by atoms with Crippen molar-refractivity contribution in [2.75, 3.05) is 20.6 Å². The Morgan fingerprint density at radius 3 is 2.45 bits per heavy atom. The van der Waals surface area contributed by atoms with Gasteiger partial charge in [0.15, 0.2) is 0 Å². The molecule has 106 valence electrons. The SMILES string of the molecule is C/C=C(\c1ccc2cc(O)ccc2c1)C(C)CN(C)C. The molecule has 2 rings (SSSR count). The zero-order chi connectivity index (χ0) is 14.7. The molecule has 2 aromatic carbocycles. The van der Waals surface area contributed by atoms with Gasteiger partial charge in [0.05, 0.1) is 0 Å². The fourth-order valence-corrected chi connectivity index (χ4v) is 2.79. The van der Waals surface area contributed by atoms with E-state index in [1.807, 2.05) is 6.07 Å². The molecule has 0 bridgehead atoms. The van der Waals surface area contributed by atoms with Crippen molar-refractivity contribution < 1.29 is 5.11 Å². The first kappa shape index (κ1) is 14.6. The lowest BCUT2D eigenvalue weighted by Crippen LogP contribution is -2.20. The van der Waals surface area contributed by atoms with Crippen molar-refractivity contribution in [3.8, 4) is 5.75 Å². The minimum atomic E-state index is 0.317. The summed E-state index contributed by atoms with van der Waals surface area (Å²) in [5.74, 6) is 0.807. The van der Waals surface area contributed by atoms with Crippen molar-refractivity contribution in [3.05, 3.63) is 48.0 Å². The van der Waals surface area contributed by atoms with E-state index in [0.717, 1.165) is 17.3 Å². The molecule has 0 heterocycles.